The molecule has 24 heavy (non-hydrogen) atoms. The first-order chi connectivity index (χ1) is 11.5. The van der Waals surface area contributed by atoms with Gasteiger partial charge in [-0.25, -0.2) is 4.39 Å². The van der Waals surface area contributed by atoms with E-state index in [4.69, 9.17) is 4.74 Å². The number of rotatable bonds is 4. The maximum atomic E-state index is 13.2. The van der Waals surface area contributed by atoms with Gasteiger partial charge in [-0.15, -0.1) is 0 Å². The van der Waals surface area contributed by atoms with Gasteiger partial charge >= 0.3 is 0 Å². The minimum absolute atomic E-state index is 0.188. The summed E-state index contributed by atoms with van der Waals surface area (Å²) < 4.78 is 18.2. The van der Waals surface area contributed by atoms with E-state index in [0.29, 0.717) is 16.9 Å². The summed E-state index contributed by atoms with van der Waals surface area (Å²) in [5.41, 5.74) is 2.06. The highest BCUT2D eigenvalue weighted by molar-refractivity contribution is 6.11. The van der Waals surface area contributed by atoms with E-state index in [1.165, 1.54) is 30.2 Å². The molecular formula is C18H15FN2O3. The first kappa shape index (κ1) is 15.7. The summed E-state index contributed by atoms with van der Waals surface area (Å²) in [5, 5.41) is 2.62. The van der Waals surface area contributed by atoms with E-state index < -0.39 is 11.7 Å². The normalized spacial score (nSPS) is 13.0. The second-order valence-corrected chi connectivity index (χ2v) is 5.28. The minimum Gasteiger partial charge on any atom is -0.494 e. The number of nitrogens with one attached hydrogen (secondary N) is 1. The van der Waals surface area contributed by atoms with Gasteiger partial charge in [0.25, 0.3) is 5.91 Å². The maximum Gasteiger partial charge on any atom is 0.259 e. The number of halogens is 1. The standard InChI is InChI=1S/C18H15FN2O3/c1-11-13-5-3-4-6-14(13)18(23)21(11)10-17(22)20-15-8-7-12(19)9-16(15)24-2/h3-9H,1,10H2,2H3,(H,20,22). The van der Waals surface area contributed by atoms with Crippen molar-refractivity contribution >= 4 is 23.2 Å². The molecule has 0 saturated heterocycles. The average Bonchev–Trinajstić information content (AvgIpc) is 2.82. The molecule has 5 nitrogen and oxygen atoms in total. The van der Waals surface area contributed by atoms with E-state index in [1.54, 1.807) is 18.2 Å². The van der Waals surface area contributed by atoms with Gasteiger partial charge in [0.2, 0.25) is 5.91 Å². The van der Waals surface area contributed by atoms with Crippen LogP contribution in [-0.4, -0.2) is 30.4 Å². The molecule has 2 amide bonds. The summed E-state index contributed by atoms with van der Waals surface area (Å²) in [6, 6.07) is 10.8. The van der Waals surface area contributed by atoms with Crippen LogP contribution in [0, 0.1) is 5.82 Å². The second-order valence-electron chi connectivity index (χ2n) is 5.28. The van der Waals surface area contributed by atoms with Crippen molar-refractivity contribution < 1.29 is 18.7 Å². The zero-order chi connectivity index (χ0) is 17.3. The summed E-state index contributed by atoms with van der Waals surface area (Å²) in [6.45, 7) is 3.70. The molecule has 0 saturated carbocycles. The Kier molecular flexibility index (Phi) is 4.04. The SMILES string of the molecule is C=C1c2ccccc2C(=O)N1CC(=O)Nc1ccc(F)cc1OC. The van der Waals surface area contributed by atoms with E-state index in [-0.39, 0.29) is 18.2 Å². The Labute approximate surface area is 138 Å². The number of amides is 2. The largest absolute Gasteiger partial charge is 0.494 e. The van der Waals surface area contributed by atoms with Gasteiger partial charge in [0.1, 0.15) is 18.1 Å². The Morgan fingerprint density at radius 2 is 1.96 bits per heavy atom. The van der Waals surface area contributed by atoms with Crippen LogP contribution >= 0.6 is 0 Å². The topological polar surface area (TPSA) is 58.6 Å². The zero-order valence-corrected chi connectivity index (χ0v) is 13.0. The lowest BCUT2D eigenvalue weighted by molar-refractivity contribution is -0.116. The molecule has 0 fully saturated rings. The van der Waals surface area contributed by atoms with Crippen LogP contribution < -0.4 is 10.1 Å². The van der Waals surface area contributed by atoms with Crippen molar-refractivity contribution in [2.45, 2.75) is 0 Å². The number of fused-ring (bicyclic) bond motifs is 1. The zero-order valence-electron chi connectivity index (χ0n) is 13.0. The van der Waals surface area contributed by atoms with Gasteiger partial charge in [-0.2, -0.15) is 0 Å². The highest BCUT2D eigenvalue weighted by Crippen LogP contribution is 2.31. The lowest BCUT2D eigenvalue weighted by atomic mass is 10.1. The molecule has 2 aromatic rings. The summed E-state index contributed by atoms with van der Waals surface area (Å²) in [7, 11) is 1.38. The molecule has 1 aliphatic rings. The van der Waals surface area contributed by atoms with E-state index in [1.807, 2.05) is 6.07 Å². The van der Waals surface area contributed by atoms with Crippen molar-refractivity contribution in [1.29, 1.82) is 0 Å². The molecule has 1 heterocycles. The highest BCUT2D eigenvalue weighted by atomic mass is 19.1. The van der Waals surface area contributed by atoms with E-state index in [0.717, 1.165) is 5.56 Å². The van der Waals surface area contributed by atoms with Crippen LogP contribution in [0.3, 0.4) is 0 Å². The molecule has 0 unspecified atom stereocenters. The van der Waals surface area contributed by atoms with Gasteiger partial charge in [-0.3, -0.25) is 14.5 Å². The highest BCUT2D eigenvalue weighted by Gasteiger charge is 2.31. The Bertz CT molecular complexity index is 813. The summed E-state index contributed by atoms with van der Waals surface area (Å²) in [4.78, 5) is 26.0. The molecule has 0 radical (unpaired) electrons. The lowest BCUT2D eigenvalue weighted by Gasteiger charge is -2.17. The van der Waals surface area contributed by atoms with E-state index in [9.17, 15) is 14.0 Å². The Balaban J connectivity index is 1.75. The number of methoxy groups -OCH3 is 1. The third kappa shape index (κ3) is 2.74. The average molecular weight is 326 g/mol. The smallest absolute Gasteiger partial charge is 0.259 e. The fourth-order valence-corrected chi connectivity index (χ4v) is 2.60. The van der Waals surface area contributed by atoms with Crippen molar-refractivity contribution in [3.63, 3.8) is 0 Å². The maximum absolute atomic E-state index is 13.2. The number of nitrogens with zero attached hydrogens (tertiary/aromatic N) is 1. The predicted molar refractivity (Wildman–Crippen MR) is 88.1 cm³/mol. The lowest BCUT2D eigenvalue weighted by Crippen LogP contribution is -2.32. The molecule has 3 rings (SSSR count). The summed E-state index contributed by atoms with van der Waals surface area (Å²) >= 11 is 0. The third-order valence-electron chi connectivity index (χ3n) is 3.78. The first-order valence-electron chi connectivity index (χ1n) is 7.25. The van der Waals surface area contributed by atoms with Crippen LogP contribution in [0.4, 0.5) is 10.1 Å². The number of hydrogen-bond donors (Lipinski definition) is 1. The van der Waals surface area contributed by atoms with Crippen molar-refractivity contribution in [3.05, 3.63) is 66.0 Å². The number of carbonyl (C=O) groups excluding carboxylic acids is 2. The first-order valence-corrected chi connectivity index (χ1v) is 7.25. The quantitative estimate of drug-likeness (QED) is 0.940. The Hall–Kier alpha value is -3.15. The van der Waals surface area contributed by atoms with Gasteiger partial charge in [-0.05, 0) is 18.2 Å². The Morgan fingerprint density at radius 1 is 1.25 bits per heavy atom. The third-order valence-corrected chi connectivity index (χ3v) is 3.78. The van der Waals surface area contributed by atoms with E-state index >= 15 is 0 Å². The molecule has 0 atom stereocenters. The van der Waals surface area contributed by atoms with Gasteiger partial charge in [0, 0.05) is 22.9 Å². The molecular weight excluding hydrogens is 311 g/mol. The van der Waals surface area contributed by atoms with Crippen molar-refractivity contribution in [3.8, 4) is 5.75 Å². The number of ether oxygens (including phenoxy) is 1. The molecule has 0 aromatic heterocycles. The van der Waals surface area contributed by atoms with Crippen LogP contribution in [0.2, 0.25) is 0 Å². The number of benzene rings is 2. The fraction of sp³-hybridized carbons (Fsp3) is 0.111. The fourth-order valence-electron chi connectivity index (χ4n) is 2.60. The molecule has 122 valence electrons. The molecule has 0 spiro atoms. The molecule has 6 heteroatoms. The summed E-state index contributed by atoms with van der Waals surface area (Å²) in [5.74, 6) is -0.958. The summed E-state index contributed by atoms with van der Waals surface area (Å²) in [6.07, 6.45) is 0. The van der Waals surface area contributed by atoms with Crippen LogP contribution in [-0.2, 0) is 4.79 Å². The van der Waals surface area contributed by atoms with Gasteiger partial charge in [-0.1, -0.05) is 24.8 Å². The van der Waals surface area contributed by atoms with Crippen molar-refractivity contribution in [2.24, 2.45) is 0 Å². The molecule has 0 bridgehead atoms. The number of anilines is 1. The number of hydrogen-bond acceptors (Lipinski definition) is 3. The van der Waals surface area contributed by atoms with Crippen LogP contribution in [0.15, 0.2) is 49.0 Å². The minimum atomic E-state index is -0.469. The van der Waals surface area contributed by atoms with E-state index in [2.05, 4.69) is 11.9 Å². The van der Waals surface area contributed by atoms with Gasteiger partial charge in [0.15, 0.2) is 0 Å². The van der Waals surface area contributed by atoms with Crippen molar-refractivity contribution in [1.82, 2.24) is 4.90 Å². The molecule has 0 aliphatic carbocycles. The molecule has 1 N–H and O–H groups in total. The van der Waals surface area contributed by atoms with Gasteiger partial charge in [0.05, 0.1) is 12.8 Å². The van der Waals surface area contributed by atoms with Crippen LogP contribution in [0.1, 0.15) is 15.9 Å². The monoisotopic (exact) mass is 326 g/mol. The molecule has 2 aromatic carbocycles. The van der Waals surface area contributed by atoms with Crippen LogP contribution in [0.5, 0.6) is 5.75 Å². The van der Waals surface area contributed by atoms with Gasteiger partial charge < -0.3 is 10.1 Å². The Morgan fingerprint density at radius 3 is 2.62 bits per heavy atom. The van der Waals surface area contributed by atoms with Crippen LogP contribution in [0.25, 0.3) is 5.70 Å². The number of carbonyl (C=O) groups is 2. The second kappa shape index (κ2) is 6.16. The molecule has 1 aliphatic heterocycles. The predicted octanol–water partition coefficient (Wildman–Crippen LogP) is 2.90. The van der Waals surface area contributed by atoms with Crippen molar-refractivity contribution in [2.75, 3.05) is 19.0 Å².